The summed E-state index contributed by atoms with van der Waals surface area (Å²) in [6.45, 7) is 0.945. The van der Waals surface area contributed by atoms with Gasteiger partial charge in [-0.25, -0.2) is 13.1 Å². The molecule has 0 fully saturated rings. The summed E-state index contributed by atoms with van der Waals surface area (Å²) in [6, 6.07) is 19.0. The SMILES string of the molecule is COc1ccc(S(=O)(=O)NC(Cc2ccccc2)c2ccc3c(c2)OCCO3)cc1Cl. The molecule has 0 aromatic heterocycles. The fourth-order valence-electron chi connectivity index (χ4n) is 3.42. The average molecular weight is 460 g/mol. The second-order valence-electron chi connectivity index (χ2n) is 7.06. The van der Waals surface area contributed by atoms with Crippen LogP contribution in [0.4, 0.5) is 0 Å². The van der Waals surface area contributed by atoms with Crippen LogP contribution in [0.1, 0.15) is 17.2 Å². The Kier molecular flexibility index (Phi) is 6.36. The number of hydrogen-bond acceptors (Lipinski definition) is 5. The fourth-order valence-corrected chi connectivity index (χ4v) is 5.00. The molecular formula is C23H22ClNO5S. The van der Waals surface area contributed by atoms with Crippen molar-refractivity contribution in [1.29, 1.82) is 0 Å². The van der Waals surface area contributed by atoms with Gasteiger partial charge >= 0.3 is 0 Å². The predicted molar refractivity (Wildman–Crippen MR) is 119 cm³/mol. The first-order valence-corrected chi connectivity index (χ1v) is 11.6. The van der Waals surface area contributed by atoms with Gasteiger partial charge in [0.2, 0.25) is 10.0 Å². The summed E-state index contributed by atoms with van der Waals surface area (Å²) >= 11 is 6.15. The van der Waals surface area contributed by atoms with Crippen molar-refractivity contribution in [3.63, 3.8) is 0 Å². The van der Waals surface area contributed by atoms with Crippen molar-refractivity contribution in [3.05, 3.63) is 82.9 Å². The summed E-state index contributed by atoms with van der Waals surface area (Å²) < 4.78 is 45.6. The monoisotopic (exact) mass is 459 g/mol. The first-order chi connectivity index (χ1) is 15.0. The summed E-state index contributed by atoms with van der Waals surface area (Å²) in [5.41, 5.74) is 1.77. The van der Waals surface area contributed by atoms with Crippen LogP contribution in [-0.4, -0.2) is 28.7 Å². The zero-order chi connectivity index (χ0) is 21.8. The molecular weight excluding hydrogens is 438 g/mol. The second-order valence-corrected chi connectivity index (χ2v) is 9.18. The quantitative estimate of drug-likeness (QED) is 0.567. The first-order valence-electron chi connectivity index (χ1n) is 9.75. The Balaban J connectivity index is 1.68. The predicted octanol–water partition coefficient (Wildman–Crippen LogP) is 4.38. The zero-order valence-corrected chi connectivity index (χ0v) is 18.4. The minimum atomic E-state index is -3.86. The largest absolute Gasteiger partial charge is 0.495 e. The van der Waals surface area contributed by atoms with Gasteiger partial charge in [-0.3, -0.25) is 0 Å². The number of benzene rings is 3. The van der Waals surface area contributed by atoms with E-state index in [0.29, 0.717) is 36.9 Å². The topological polar surface area (TPSA) is 73.9 Å². The van der Waals surface area contributed by atoms with Crippen LogP contribution < -0.4 is 18.9 Å². The minimum Gasteiger partial charge on any atom is -0.495 e. The Hall–Kier alpha value is -2.74. The normalized spacial score (nSPS) is 14.1. The van der Waals surface area contributed by atoms with Gasteiger partial charge in [-0.2, -0.15) is 0 Å². The van der Waals surface area contributed by atoms with Crippen molar-refractivity contribution in [1.82, 2.24) is 4.72 Å². The Morgan fingerprint density at radius 3 is 2.45 bits per heavy atom. The Bertz CT molecular complexity index is 1170. The molecule has 31 heavy (non-hydrogen) atoms. The highest BCUT2D eigenvalue weighted by Gasteiger charge is 2.24. The van der Waals surface area contributed by atoms with E-state index in [0.717, 1.165) is 11.1 Å². The maximum absolute atomic E-state index is 13.2. The molecule has 3 aromatic rings. The molecule has 0 radical (unpaired) electrons. The van der Waals surface area contributed by atoms with Gasteiger partial charge in [0.15, 0.2) is 11.5 Å². The molecule has 0 amide bonds. The summed E-state index contributed by atoms with van der Waals surface area (Å²) in [5.74, 6) is 1.67. The second kappa shape index (κ2) is 9.18. The van der Waals surface area contributed by atoms with Crippen LogP contribution in [0.15, 0.2) is 71.6 Å². The highest BCUT2D eigenvalue weighted by atomic mass is 35.5. The molecule has 0 saturated carbocycles. The number of sulfonamides is 1. The van der Waals surface area contributed by atoms with Gasteiger partial charge in [0, 0.05) is 0 Å². The van der Waals surface area contributed by atoms with E-state index in [-0.39, 0.29) is 9.92 Å². The maximum Gasteiger partial charge on any atom is 0.241 e. The number of methoxy groups -OCH3 is 1. The Morgan fingerprint density at radius 1 is 1.00 bits per heavy atom. The van der Waals surface area contributed by atoms with E-state index >= 15 is 0 Å². The molecule has 1 aliphatic heterocycles. The van der Waals surface area contributed by atoms with E-state index in [4.69, 9.17) is 25.8 Å². The van der Waals surface area contributed by atoms with Crippen LogP contribution in [0, 0.1) is 0 Å². The van der Waals surface area contributed by atoms with Crippen molar-refractivity contribution < 1.29 is 22.6 Å². The molecule has 1 N–H and O–H groups in total. The number of nitrogens with one attached hydrogen (secondary N) is 1. The molecule has 0 aliphatic carbocycles. The standard InChI is InChI=1S/C23H22ClNO5S/c1-28-21-10-8-18(15-19(21)24)31(26,27)25-20(13-16-5-3-2-4-6-16)17-7-9-22-23(14-17)30-12-11-29-22/h2-10,14-15,20,25H,11-13H2,1H3. The van der Waals surface area contributed by atoms with E-state index in [1.165, 1.54) is 25.3 Å². The molecule has 4 rings (SSSR count). The minimum absolute atomic E-state index is 0.0638. The Labute approximate surface area is 186 Å². The zero-order valence-electron chi connectivity index (χ0n) is 16.9. The molecule has 0 saturated heterocycles. The van der Waals surface area contributed by atoms with E-state index in [1.807, 2.05) is 42.5 Å². The molecule has 0 spiro atoms. The van der Waals surface area contributed by atoms with Gasteiger partial charge in [0.25, 0.3) is 0 Å². The maximum atomic E-state index is 13.2. The fraction of sp³-hybridized carbons (Fsp3) is 0.217. The molecule has 1 heterocycles. The average Bonchev–Trinajstić information content (AvgIpc) is 2.79. The lowest BCUT2D eigenvalue weighted by Gasteiger charge is -2.23. The molecule has 6 nitrogen and oxygen atoms in total. The molecule has 0 bridgehead atoms. The summed E-state index contributed by atoms with van der Waals surface area (Å²) in [7, 11) is -2.38. The molecule has 1 atom stereocenters. The summed E-state index contributed by atoms with van der Waals surface area (Å²) in [4.78, 5) is 0.0638. The van der Waals surface area contributed by atoms with Gasteiger partial charge in [0.1, 0.15) is 19.0 Å². The Morgan fingerprint density at radius 2 is 1.74 bits per heavy atom. The lowest BCUT2D eigenvalue weighted by Crippen LogP contribution is -2.30. The van der Waals surface area contributed by atoms with E-state index in [9.17, 15) is 8.42 Å². The molecule has 8 heteroatoms. The third kappa shape index (κ3) is 4.95. The number of ether oxygens (including phenoxy) is 3. The lowest BCUT2D eigenvalue weighted by molar-refractivity contribution is 0.171. The third-order valence-electron chi connectivity index (χ3n) is 4.98. The summed E-state index contributed by atoms with van der Waals surface area (Å²) in [5, 5.41) is 0.226. The van der Waals surface area contributed by atoms with Gasteiger partial charge in [-0.1, -0.05) is 48.0 Å². The number of hydrogen-bond donors (Lipinski definition) is 1. The van der Waals surface area contributed by atoms with Gasteiger partial charge < -0.3 is 14.2 Å². The first kappa shape index (κ1) is 21.5. The van der Waals surface area contributed by atoms with Gasteiger partial charge in [0.05, 0.1) is 23.1 Å². The van der Waals surface area contributed by atoms with E-state index < -0.39 is 16.1 Å². The van der Waals surface area contributed by atoms with Crippen molar-refractivity contribution in [2.45, 2.75) is 17.4 Å². The van der Waals surface area contributed by atoms with Crippen LogP contribution in [0.5, 0.6) is 17.2 Å². The highest BCUT2D eigenvalue weighted by Crippen LogP contribution is 2.34. The number of halogens is 1. The smallest absolute Gasteiger partial charge is 0.241 e. The van der Waals surface area contributed by atoms with Crippen LogP contribution in [-0.2, 0) is 16.4 Å². The van der Waals surface area contributed by atoms with E-state index in [2.05, 4.69) is 4.72 Å². The molecule has 1 unspecified atom stereocenters. The van der Waals surface area contributed by atoms with Crippen LogP contribution in [0.2, 0.25) is 5.02 Å². The lowest BCUT2D eigenvalue weighted by atomic mass is 9.99. The summed E-state index contributed by atoms with van der Waals surface area (Å²) in [6.07, 6.45) is 0.462. The third-order valence-corrected chi connectivity index (χ3v) is 6.75. The van der Waals surface area contributed by atoms with Crippen molar-refractivity contribution in [2.24, 2.45) is 0 Å². The number of fused-ring (bicyclic) bond motifs is 1. The van der Waals surface area contributed by atoms with Crippen LogP contribution >= 0.6 is 11.6 Å². The van der Waals surface area contributed by atoms with Crippen molar-refractivity contribution in [3.8, 4) is 17.2 Å². The van der Waals surface area contributed by atoms with Gasteiger partial charge in [-0.05, 0) is 47.9 Å². The number of rotatable bonds is 7. The molecule has 3 aromatic carbocycles. The molecule has 1 aliphatic rings. The van der Waals surface area contributed by atoms with E-state index in [1.54, 1.807) is 6.07 Å². The van der Waals surface area contributed by atoms with Crippen molar-refractivity contribution in [2.75, 3.05) is 20.3 Å². The molecule has 162 valence electrons. The highest BCUT2D eigenvalue weighted by molar-refractivity contribution is 7.89. The van der Waals surface area contributed by atoms with Crippen LogP contribution in [0.3, 0.4) is 0 Å². The van der Waals surface area contributed by atoms with Crippen molar-refractivity contribution >= 4 is 21.6 Å². The van der Waals surface area contributed by atoms with Crippen LogP contribution in [0.25, 0.3) is 0 Å². The van der Waals surface area contributed by atoms with Gasteiger partial charge in [-0.15, -0.1) is 0 Å².